The summed E-state index contributed by atoms with van der Waals surface area (Å²) < 4.78 is 10.8. The van der Waals surface area contributed by atoms with Gasteiger partial charge in [0.2, 0.25) is 0 Å². The van der Waals surface area contributed by atoms with Gasteiger partial charge in [-0.15, -0.1) is 0 Å². The van der Waals surface area contributed by atoms with Crippen molar-refractivity contribution < 1.29 is 19.4 Å². The average Bonchev–Trinajstić information content (AvgIpc) is 2.87. The monoisotopic (exact) mass is 458 g/mol. The molecule has 0 amide bonds. The Labute approximate surface area is 198 Å². The van der Waals surface area contributed by atoms with Gasteiger partial charge >= 0.3 is 5.97 Å². The Hall–Kier alpha value is -4.09. The molecule has 1 atom stereocenters. The number of anilines is 1. The molecular weight excluding hydrogens is 432 g/mol. The van der Waals surface area contributed by atoms with Crippen LogP contribution in [0.4, 0.5) is 5.82 Å². The Balaban J connectivity index is 1.66. The number of phenols is 1. The van der Waals surface area contributed by atoms with Crippen LogP contribution in [0.5, 0.6) is 11.5 Å². The molecule has 174 valence electrons. The zero-order chi connectivity index (χ0) is 24.1. The Morgan fingerprint density at radius 2 is 2.09 bits per heavy atom. The SMILES string of the molecule is COC(=O)c1ccc(COc2cccc(O)c2-c2cc(C3CCCNC3)c(C#N)c(N)n2)cc1. The Morgan fingerprint density at radius 1 is 1.29 bits per heavy atom. The van der Waals surface area contributed by atoms with Crippen molar-refractivity contribution in [1.29, 1.82) is 5.26 Å². The fourth-order valence-electron chi connectivity index (χ4n) is 4.19. The van der Waals surface area contributed by atoms with Crippen LogP contribution < -0.4 is 15.8 Å². The van der Waals surface area contributed by atoms with Crippen LogP contribution in [0.15, 0.2) is 48.5 Å². The van der Waals surface area contributed by atoms with Crippen LogP contribution in [0.3, 0.4) is 0 Å². The number of hydrogen-bond acceptors (Lipinski definition) is 8. The van der Waals surface area contributed by atoms with Gasteiger partial charge in [-0.05, 0) is 66.8 Å². The van der Waals surface area contributed by atoms with E-state index in [4.69, 9.17) is 15.2 Å². The van der Waals surface area contributed by atoms with Crippen molar-refractivity contribution in [3.63, 3.8) is 0 Å². The van der Waals surface area contributed by atoms with Crippen LogP contribution in [0, 0.1) is 11.3 Å². The lowest BCUT2D eigenvalue weighted by Crippen LogP contribution is -2.29. The first-order valence-electron chi connectivity index (χ1n) is 11.1. The number of aromatic hydroxyl groups is 1. The van der Waals surface area contributed by atoms with Crippen LogP contribution in [0.25, 0.3) is 11.3 Å². The second-order valence-electron chi connectivity index (χ2n) is 8.14. The molecule has 2 heterocycles. The predicted octanol–water partition coefficient (Wildman–Crippen LogP) is 3.74. The van der Waals surface area contributed by atoms with Gasteiger partial charge in [-0.1, -0.05) is 18.2 Å². The summed E-state index contributed by atoms with van der Waals surface area (Å²) in [5.74, 6) is 0.296. The first-order valence-corrected chi connectivity index (χ1v) is 11.1. The van der Waals surface area contributed by atoms with Crippen molar-refractivity contribution >= 4 is 11.8 Å². The predicted molar refractivity (Wildman–Crippen MR) is 127 cm³/mol. The Bertz CT molecular complexity index is 1230. The quantitative estimate of drug-likeness (QED) is 0.476. The minimum atomic E-state index is -0.406. The van der Waals surface area contributed by atoms with E-state index in [2.05, 4.69) is 16.4 Å². The van der Waals surface area contributed by atoms with Gasteiger partial charge < -0.3 is 25.6 Å². The highest BCUT2D eigenvalue weighted by molar-refractivity contribution is 5.89. The summed E-state index contributed by atoms with van der Waals surface area (Å²) in [5.41, 5.74) is 9.53. The van der Waals surface area contributed by atoms with E-state index < -0.39 is 5.97 Å². The van der Waals surface area contributed by atoms with Crippen LogP contribution in [-0.2, 0) is 11.3 Å². The summed E-state index contributed by atoms with van der Waals surface area (Å²) in [4.78, 5) is 16.1. The molecule has 1 aliphatic heterocycles. The second-order valence-corrected chi connectivity index (χ2v) is 8.14. The molecule has 1 fully saturated rings. The number of nitrogens with two attached hydrogens (primary N) is 1. The highest BCUT2D eigenvalue weighted by atomic mass is 16.5. The zero-order valence-electron chi connectivity index (χ0n) is 18.9. The molecule has 2 aromatic carbocycles. The van der Waals surface area contributed by atoms with Gasteiger partial charge in [0, 0.05) is 6.54 Å². The molecule has 3 aromatic rings. The molecule has 1 saturated heterocycles. The van der Waals surface area contributed by atoms with Gasteiger partial charge in [-0.3, -0.25) is 0 Å². The van der Waals surface area contributed by atoms with E-state index in [1.807, 2.05) is 6.07 Å². The van der Waals surface area contributed by atoms with Crippen LogP contribution in [-0.4, -0.2) is 36.3 Å². The molecule has 0 aliphatic carbocycles. The van der Waals surface area contributed by atoms with Crippen molar-refractivity contribution in [2.24, 2.45) is 0 Å². The average molecular weight is 459 g/mol. The number of benzene rings is 2. The van der Waals surface area contributed by atoms with Gasteiger partial charge in [0.05, 0.1) is 29.5 Å². The summed E-state index contributed by atoms with van der Waals surface area (Å²) in [6.07, 6.45) is 1.95. The number of esters is 1. The third-order valence-electron chi connectivity index (χ3n) is 5.96. The number of rotatable bonds is 6. The second kappa shape index (κ2) is 10.2. The minimum absolute atomic E-state index is 0.00265. The fraction of sp³-hybridized carbons (Fsp3) is 0.269. The number of carbonyl (C=O) groups excluding carboxylic acids is 1. The highest BCUT2D eigenvalue weighted by Crippen LogP contribution is 2.40. The highest BCUT2D eigenvalue weighted by Gasteiger charge is 2.24. The van der Waals surface area contributed by atoms with Crippen molar-refractivity contribution in [3.8, 4) is 28.8 Å². The third kappa shape index (κ3) is 4.80. The summed E-state index contributed by atoms with van der Waals surface area (Å²) in [5, 5.41) is 23.7. The lowest BCUT2D eigenvalue weighted by Gasteiger charge is -2.25. The van der Waals surface area contributed by atoms with Crippen LogP contribution >= 0.6 is 0 Å². The van der Waals surface area contributed by atoms with Gasteiger partial charge in [0.15, 0.2) is 0 Å². The molecule has 1 aliphatic rings. The lowest BCUT2D eigenvalue weighted by atomic mass is 9.88. The van der Waals surface area contributed by atoms with E-state index in [1.165, 1.54) is 7.11 Å². The number of aromatic nitrogens is 1. The number of hydrogen-bond donors (Lipinski definition) is 3. The van der Waals surface area contributed by atoms with Gasteiger partial charge in [-0.25, -0.2) is 9.78 Å². The van der Waals surface area contributed by atoms with Gasteiger partial charge in [0.25, 0.3) is 0 Å². The number of carbonyl (C=O) groups is 1. The lowest BCUT2D eigenvalue weighted by molar-refractivity contribution is 0.0600. The largest absolute Gasteiger partial charge is 0.507 e. The summed E-state index contributed by atoms with van der Waals surface area (Å²) in [7, 11) is 1.34. The van der Waals surface area contributed by atoms with Crippen molar-refractivity contribution in [1.82, 2.24) is 10.3 Å². The Kier molecular flexibility index (Phi) is 6.95. The van der Waals surface area contributed by atoms with Crippen LogP contribution in [0.1, 0.15) is 45.8 Å². The topological polar surface area (TPSA) is 130 Å². The number of pyridine rings is 1. The molecule has 4 rings (SSSR count). The number of phenolic OH excluding ortho intramolecular Hbond substituents is 1. The molecule has 0 spiro atoms. The van der Waals surface area contributed by atoms with E-state index in [0.29, 0.717) is 28.1 Å². The number of nitrogen functional groups attached to an aromatic ring is 1. The number of piperidine rings is 1. The van der Waals surface area contributed by atoms with Crippen molar-refractivity contribution in [2.45, 2.75) is 25.4 Å². The molecule has 8 heteroatoms. The standard InChI is InChI=1S/C26H26N4O4/c1-33-26(32)17-9-7-16(8-10-17)15-34-23-6-2-5-22(31)24(23)21-12-19(18-4-3-11-29-14-18)20(13-27)25(28)30-21/h2,5-10,12,18,29,31H,3-4,11,14-15H2,1H3,(H2,28,30). The van der Waals surface area contributed by atoms with Gasteiger partial charge in [-0.2, -0.15) is 5.26 Å². The molecule has 34 heavy (non-hydrogen) atoms. The molecule has 0 bridgehead atoms. The third-order valence-corrected chi connectivity index (χ3v) is 5.96. The van der Waals surface area contributed by atoms with Crippen LogP contribution in [0.2, 0.25) is 0 Å². The molecule has 1 aromatic heterocycles. The normalized spacial score (nSPS) is 15.4. The van der Waals surface area contributed by atoms with E-state index in [-0.39, 0.29) is 24.1 Å². The molecule has 0 radical (unpaired) electrons. The van der Waals surface area contributed by atoms with E-state index in [1.54, 1.807) is 42.5 Å². The number of nitriles is 1. The zero-order valence-corrected chi connectivity index (χ0v) is 18.9. The number of nitrogens with one attached hydrogen (secondary N) is 1. The summed E-state index contributed by atoms with van der Waals surface area (Å²) >= 11 is 0. The first kappa shape index (κ1) is 23.1. The smallest absolute Gasteiger partial charge is 0.337 e. The van der Waals surface area contributed by atoms with Crippen molar-refractivity contribution in [2.75, 3.05) is 25.9 Å². The molecule has 4 N–H and O–H groups in total. The molecular formula is C26H26N4O4. The number of methoxy groups -OCH3 is 1. The molecule has 0 saturated carbocycles. The number of nitrogens with zero attached hydrogens (tertiary/aromatic N) is 2. The fourth-order valence-corrected chi connectivity index (χ4v) is 4.19. The van der Waals surface area contributed by atoms with E-state index >= 15 is 0 Å². The van der Waals surface area contributed by atoms with Crippen molar-refractivity contribution in [3.05, 3.63) is 70.8 Å². The maximum Gasteiger partial charge on any atom is 0.337 e. The maximum atomic E-state index is 11.6. The minimum Gasteiger partial charge on any atom is -0.507 e. The first-order chi connectivity index (χ1) is 16.5. The van der Waals surface area contributed by atoms with Gasteiger partial charge in [0.1, 0.15) is 30.0 Å². The van der Waals surface area contributed by atoms with E-state index in [0.717, 1.165) is 37.1 Å². The Morgan fingerprint density at radius 3 is 2.76 bits per heavy atom. The number of ether oxygens (including phenoxy) is 2. The maximum absolute atomic E-state index is 11.6. The summed E-state index contributed by atoms with van der Waals surface area (Å²) in [6.45, 7) is 1.91. The van der Waals surface area contributed by atoms with E-state index in [9.17, 15) is 15.2 Å². The summed E-state index contributed by atoms with van der Waals surface area (Å²) in [6, 6.07) is 15.9. The molecule has 8 nitrogen and oxygen atoms in total. The molecule has 1 unspecified atom stereocenters.